The molecule has 2 aromatic carbocycles. The molecule has 4 rings (SSSR count). The number of aromatic carboxylic acids is 1. The molecule has 0 aliphatic rings. The Bertz CT molecular complexity index is 1550. The minimum Gasteiger partial charge on any atom is -0.481 e. The number of hydrogen-bond acceptors (Lipinski definition) is 6. The van der Waals surface area contributed by atoms with Crippen molar-refractivity contribution in [3.05, 3.63) is 71.3 Å². The van der Waals surface area contributed by atoms with Crippen LogP contribution < -0.4 is 10.5 Å². The lowest BCUT2D eigenvalue weighted by Gasteiger charge is -2.27. The van der Waals surface area contributed by atoms with E-state index in [1.54, 1.807) is 30.3 Å². The number of carboxylic acid groups (broad SMARTS) is 1. The largest absolute Gasteiger partial charge is 0.481 e. The molecule has 0 saturated heterocycles. The first-order chi connectivity index (χ1) is 17.1. The molecule has 0 spiro atoms. The summed E-state index contributed by atoms with van der Waals surface area (Å²) < 4.78 is 21.3. The average Bonchev–Trinajstić information content (AvgIpc) is 3.18. The van der Waals surface area contributed by atoms with Crippen LogP contribution in [0.4, 0.5) is 10.1 Å². The number of hydrogen-bond donors (Lipinski definition) is 3. The average molecular weight is 486 g/mol. The standard InChI is InChI=1S/C27H24FN5O3/c1-27(2,10-11-29)24-23(18-8-9-21(26(34)35)32-25(18)36-3)19-13-20(31)15(14-30)12-22(19)33(24)17-6-4-16(28)5-7-17/h4-9,12-14,30H,10,31H2,1-3H3,(H,34,35). The lowest BCUT2D eigenvalue weighted by atomic mass is 9.82. The highest BCUT2D eigenvalue weighted by Crippen LogP contribution is 2.47. The van der Waals surface area contributed by atoms with Gasteiger partial charge in [0, 0.05) is 57.2 Å². The fraction of sp³-hybridized carbons (Fsp3) is 0.185. The second-order valence-corrected chi connectivity index (χ2v) is 8.96. The van der Waals surface area contributed by atoms with Gasteiger partial charge in [-0.05, 0) is 48.5 Å². The minimum absolute atomic E-state index is 0.0942. The first-order valence-corrected chi connectivity index (χ1v) is 11.0. The number of carbonyl (C=O) groups is 1. The quantitative estimate of drug-likeness (QED) is 0.240. The van der Waals surface area contributed by atoms with Crippen LogP contribution in [0.3, 0.4) is 0 Å². The van der Waals surface area contributed by atoms with Crippen molar-refractivity contribution in [1.82, 2.24) is 9.55 Å². The monoisotopic (exact) mass is 485 g/mol. The molecule has 0 radical (unpaired) electrons. The molecule has 36 heavy (non-hydrogen) atoms. The number of benzene rings is 2. The number of rotatable bonds is 7. The van der Waals surface area contributed by atoms with E-state index in [0.717, 1.165) is 6.21 Å². The Labute approximate surface area is 206 Å². The zero-order valence-corrected chi connectivity index (χ0v) is 20.0. The van der Waals surface area contributed by atoms with Crippen molar-refractivity contribution in [2.45, 2.75) is 25.7 Å². The van der Waals surface area contributed by atoms with Crippen molar-refractivity contribution >= 4 is 28.8 Å². The molecule has 9 heteroatoms. The number of nitrogens with two attached hydrogens (primary N) is 1. The molecule has 0 aliphatic carbocycles. The maximum Gasteiger partial charge on any atom is 0.354 e. The Morgan fingerprint density at radius 3 is 2.56 bits per heavy atom. The van der Waals surface area contributed by atoms with Gasteiger partial charge >= 0.3 is 5.97 Å². The fourth-order valence-corrected chi connectivity index (χ4v) is 4.45. The second-order valence-electron chi connectivity index (χ2n) is 8.96. The number of nitrogens with zero attached hydrogens (tertiary/aromatic N) is 3. The smallest absolute Gasteiger partial charge is 0.354 e. The predicted molar refractivity (Wildman–Crippen MR) is 136 cm³/mol. The van der Waals surface area contributed by atoms with Crippen LogP contribution in [-0.2, 0) is 5.41 Å². The van der Waals surface area contributed by atoms with Crippen molar-refractivity contribution < 1.29 is 19.0 Å². The minimum atomic E-state index is -1.20. The maximum atomic E-state index is 13.8. The van der Waals surface area contributed by atoms with Crippen LogP contribution in [0, 0.1) is 22.6 Å². The second kappa shape index (κ2) is 9.15. The first-order valence-electron chi connectivity index (χ1n) is 11.0. The number of carboxylic acids is 1. The molecule has 182 valence electrons. The molecule has 2 heterocycles. The van der Waals surface area contributed by atoms with Crippen molar-refractivity contribution in [2.75, 3.05) is 12.8 Å². The number of ether oxygens (including phenoxy) is 1. The Balaban J connectivity index is 2.25. The van der Waals surface area contributed by atoms with Crippen molar-refractivity contribution in [3.8, 4) is 28.8 Å². The third-order valence-corrected chi connectivity index (χ3v) is 6.12. The van der Waals surface area contributed by atoms with Crippen molar-refractivity contribution in [3.63, 3.8) is 0 Å². The first kappa shape index (κ1) is 24.4. The number of nitrogens with one attached hydrogen (secondary N) is 1. The molecule has 4 N–H and O–H groups in total. The lowest BCUT2D eigenvalue weighted by Crippen LogP contribution is -2.22. The normalized spacial score (nSPS) is 11.3. The van der Waals surface area contributed by atoms with Crippen LogP contribution in [0.25, 0.3) is 27.7 Å². The van der Waals surface area contributed by atoms with Gasteiger partial charge in [0.15, 0.2) is 5.69 Å². The Hall–Kier alpha value is -4.71. The SMILES string of the molecule is COc1nc(C(=O)O)ccc1-c1c(C(C)(C)CC#N)n(-c2ccc(F)cc2)c2cc(C=N)c(N)cc12. The van der Waals surface area contributed by atoms with Gasteiger partial charge in [-0.3, -0.25) is 0 Å². The van der Waals surface area contributed by atoms with Crippen LogP contribution in [0.5, 0.6) is 5.88 Å². The van der Waals surface area contributed by atoms with E-state index >= 15 is 0 Å². The van der Waals surface area contributed by atoms with Gasteiger partial charge in [-0.2, -0.15) is 5.26 Å². The van der Waals surface area contributed by atoms with E-state index in [1.165, 1.54) is 25.3 Å². The summed E-state index contributed by atoms with van der Waals surface area (Å²) in [5.74, 6) is -1.50. The molecule has 0 saturated carbocycles. The molecule has 0 aliphatic heterocycles. The molecule has 0 unspecified atom stereocenters. The van der Waals surface area contributed by atoms with Gasteiger partial charge in [0.25, 0.3) is 0 Å². The molecular weight excluding hydrogens is 461 g/mol. The molecule has 0 fully saturated rings. The van der Waals surface area contributed by atoms with Crippen LogP contribution >= 0.6 is 0 Å². The van der Waals surface area contributed by atoms with Crippen LogP contribution in [0.2, 0.25) is 0 Å². The van der Waals surface area contributed by atoms with Crippen molar-refractivity contribution in [1.29, 1.82) is 10.7 Å². The van der Waals surface area contributed by atoms with Crippen LogP contribution in [-0.4, -0.2) is 34.0 Å². The third-order valence-electron chi connectivity index (χ3n) is 6.12. The number of fused-ring (bicyclic) bond motifs is 1. The van der Waals surface area contributed by atoms with E-state index in [-0.39, 0.29) is 18.0 Å². The van der Waals surface area contributed by atoms with Crippen molar-refractivity contribution in [2.24, 2.45) is 0 Å². The van der Waals surface area contributed by atoms with Gasteiger partial charge in [-0.15, -0.1) is 0 Å². The highest BCUT2D eigenvalue weighted by Gasteiger charge is 2.33. The maximum absolute atomic E-state index is 13.8. The molecule has 4 aromatic rings. The van der Waals surface area contributed by atoms with Gasteiger partial charge in [-0.25, -0.2) is 14.2 Å². The highest BCUT2D eigenvalue weighted by molar-refractivity contribution is 6.05. The number of anilines is 1. The summed E-state index contributed by atoms with van der Waals surface area (Å²) in [5, 5.41) is 27.6. The number of pyridine rings is 1. The summed E-state index contributed by atoms with van der Waals surface area (Å²) in [7, 11) is 1.40. The molecule has 0 bridgehead atoms. The predicted octanol–water partition coefficient (Wildman–Crippen LogP) is 5.31. The number of halogens is 1. The molecule has 8 nitrogen and oxygen atoms in total. The molecule has 0 atom stereocenters. The Morgan fingerprint density at radius 1 is 1.28 bits per heavy atom. The van der Waals surface area contributed by atoms with E-state index in [1.807, 2.05) is 18.4 Å². The summed E-state index contributed by atoms with van der Waals surface area (Å²) >= 11 is 0. The Kier molecular flexibility index (Phi) is 6.21. The summed E-state index contributed by atoms with van der Waals surface area (Å²) in [6.45, 7) is 3.83. The molecule has 2 aromatic heterocycles. The van der Waals surface area contributed by atoms with E-state index < -0.39 is 17.2 Å². The van der Waals surface area contributed by atoms with Crippen LogP contribution in [0.15, 0.2) is 48.5 Å². The topological polar surface area (TPSA) is 138 Å². The number of aromatic nitrogens is 2. The van der Waals surface area contributed by atoms with Gasteiger partial charge < -0.3 is 25.6 Å². The zero-order valence-electron chi connectivity index (χ0n) is 20.0. The number of nitrogen functional groups attached to an aromatic ring is 1. The van der Waals surface area contributed by atoms with E-state index in [4.69, 9.17) is 15.9 Å². The number of nitriles is 1. The van der Waals surface area contributed by atoms with Gasteiger partial charge in [0.2, 0.25) is 5.88 Å². The van der Waals surface area contributed by atoms with Gasteiger partial charge in [0.05, 0.1) is 18.7 Å². The summed E-state index contributed by atoms with van der Waals surface area (Å²) in [6, 6.07) is 14.7. The van der Waals surface area contributed by atoms with E-state index in [2.05, 4.69) is 11.1 Å². The Morgan fingerprint density at radius 2 is 1.97 bits per heavy atom. The summed E-state index contributed by atoms with van der Waals surface area (Å²) in [5.41, 5.74) is 9.41. The van der Waals surface area contributed by atoms with Gasteiger partial charge in [0.1, 0.15) is 5.82 Å². The van der Waals surface area contributed by atoms with E-state index in [9.17, 15) is 19.6 Å². The molecular formula is C27H24FN5O3. The zero-order chi connectivity index (χ0) is 26.2. The van der Waals surface area contributed by atoms with Crippen LogP contribution in [0.1, 0.15) is 42.0 Å². The molecule has 0 amide bonds. The highest BCUT2D eigenvalue weighted by atomic mass is 19.1. The van der Waals surface area contributed by atoms with E-state index in [0.29, 0.717) is 44.7 Å². The fourth-order valence-electron chi connectivity index (χ4n) is 4.45. The summed E-state index contributed by atoms with van der Waals surface area (Å²) in [4.78, 5) is 15.7. The lowest BCUT2D eigenvalue weighted by molar-refractivity contribution is 0.0689. The van der Waals surface area contributed by atoms with Gasteiger partial charge in [-0.1, -0.05) is 13.8 Å². The third kappa shape index (κ3) is 4.03. The number of methoxy groups -OCH3 is 1. The summed E-state index contributed by atoms with van der Waals surface area (Å²) in [6.07, 6.45) is 1.30.